The van der Waals surface area contributed by atoms with E-state index in [4.69, 9.17) is 11.6 Å². The lowest BCUT2D eigenvalue weighted by molar-refractivity contribution is 0.595. The van der Waals surface area contributed by atoms with Crippen LogP contribution in [0.5, 0.6) is 0 Å². The topological polar surface area (TPSA) is 46.2 Å². The van der Waals surface area contributed by atoms with E-state index in [9.17, 15) is 17.2 Å². The average molecular weight is 332 g/mol. The Balaban J connectivity index is 2.48. The molecule has 2 rings (SSSR count). The van der Waals surface area contributed by atoms with Crippen LogP contribution in [0, 0.1) is 25.5 Å². The van der Waals surface area contributed by atoms with Gasteiger partial charge in [0.2, 0.25) is 0 Å². The van der Waals surface area contributed by atoms with Crippen molar-refractivity contribution in [3.63, 3.8) is 0 Å². The van der Waals surface area contributed by atoms with E-state index in [1.807, 2.05) is 0 Å². The molecule has 0 amide bonds. The molecule has 0 atom stereocenters. The smallest absolute Gasteiger partial charge is 0.262 e. The van der Waals surface area contributed by atoms with Gasteiger partial charge in [-0.25, -0.2) is 17.2 Å². The average Bonchev–Trinajstić information content (AvgIpc) is 2.30. The van der Waals surface area contributed by atoms with E-state index in [1.165, 1.54) is 26.0 Å². The number of hydrogen-bond acceptors (Lipinski definition) is 2. The van der Waals surface area contributed by atoms with Crippen LogP contribution in [0.4, 0.5) is 14.5 Å². The lowest BCUT2D eigenvalue weighted by atomic mass is 10.1. The van der Waals surface area contributed by atoms with Crippen LogP contribution in [0.1, 0.15) is 11.1 Å². The molecule has 0 heterocycles. The third-order valence-electron chi connectivity index (χ3n) is 2.87. The largest absolute Gasteiger partial charge is 0.277 e. The molecule has 3 nitrogen and oxygen atoms in total. The van der Waals surface area contributed by atoms with E-state index in [1.54, 1.807) is 0 Å². The zero-order chi connectivity index (χ0) is 15.8. The van der Waals surface area contributed by atoms with Crippen LogP contribution >= 0.6 is 11.6 Å². The van der Waals surface area contributed by atoms with Crippen molar-refractivity contribution < 1.29 is 17.2 Å². The Kier molecular flexibility index (Phi) is 4.20. The first-order valence-corrected chi connectivity index (χ1v) is 7.81. The molecule has 0 unspecified atom stereocenters. The van der Waals surface area contributed by atoms with E-state index in [-0.39, 0.29) is 26.7 Å². The molecular formula is C14H12ClF2NO2S. The summed E-state index contributed by atoms with van der Waals surface area (Å²) in [5, 5.41) is 0.157. The molecule has 0 fully saturated rings. The molecule has 7 heteroatoms. The van der Waals surface area contributed by atoms with Gasteiger partial charge in [0, 0.05) is 5.02 Å². The van der Waals surface area contributed by atoms with E-state index >= 15 is 0 Å². The summed E-state index contributed by atoms with van der Waals surface area (Å²) in [6, 6.07) is 5.82. The van der Waals surface area contributed by atoms with Gasteiger partial charge in [-0.1, -0.05) is 11.6 Å². The number of halogens is 3. The molecule has 0 aliphatic carbocycles. The first-order valence-electron chi connectivity index (χ1n) is 5.95. The van der Waals surface area contributed by atoms with E-state index in [2.05, 4.69) is 4.72 Å². The molecular weight excluding hydrogens is 320 g/mol. The molecule has 0 saturated carbocycles. The lowest BCUT2D eigenvalue weighted by Gasteiger charge is -2.13. The van der Waals surface area contributed by atoms with Gasteiger partial charge in [0.25, 0.3) is 10.0 Å². The summed E-state index contributed by atoms with van der Waals surface area (Å²) in [5.74, 6) is -1.31. The minimum Gasteiger partial charge on any atom is -0.277 e. The molecule has 0 radical (unpaired) electrons. The minimum atomic E-state index is -4.03. The third-order valence-corrected chi connectivity index (χ3v) is 4.77. The molecule has 0 spiro atoms. The first kappa shape index (κ1) is 15.7. The standard InChI is InChI=1S/C14H12ClF2NO2S/c1-8-5-11(16)6-9(2)14(8)21(19,20)18-13-4-3-10(15)7-12(13)17/h3-7,18H,1-2H3. The lowest BCUT2D eigenvalue weighted by Crippen LogP contribution is -2.16. The van der Waals surface area contributed by atoms with Crippen LogP contribution in [0.15, 0.2) is 35.2 Å². The second-order valence-electron chi connectivity index (χ2n) is 4.60. The van der Waals surface area contributed by atoms with Crippen molar-refractivity contribution in [2.24, 2.45) is 0 Å². The van der Waals surface area contributed by atoms with Gasteiger partial charge < -0.3 is 0 Å². The molecule has 21 heavy (non-hydrogen) atoms. The molecule has 2 aromatic rings. The van der Waals surface area contributed by atoms with Gasteiger partial charge in [0.05, 0.1) is 10.6 Å². The fourth-order valence-corrected chi connectivity index (χ4v) is 3.77. The van der Waals surface area contributed by atoms with Gasteiger partial charge in [0.15, 0.2) is 0 Å². The van der Waals surface area contributed by atoms with Crippen molar-refractivity contribution in [1.82, 2.24) is 0 Å². The highest BCUT2D eigenvalue weighted by molar-refractivity contribution is 7.92. The predicted octanol–water partition coefficient (Wildman–Crippen LogP) is 4.04. The van der Waals surface area contributed by atoms with Crippen molar-refractivity contribution in [2.75, 3.05) is 4.72 Å². The Morgan fingerprint density at radius 3 is 2.14 bits per heavy atom. The third kappa shape index (κ3) is 3.33. The van der Waals surface area contributed by atoms with Crippen LogP contribution in [0.25, 0.3) is 0 Å². The Hall–Kier alpha value is -1.66. The Labute approximate surface area is 126 Å². The van der Waals surface area contributed by atoms with Crippen LogP contribution in [0.2, 0.25) is 5.02 Å². The van der Waals surface area contributed by atoms with Crippen molar-refractivity contribution in [3.8, 4) is 0 Å². The SMILES string of the molecule is Cc1cc(F)cc(C)c1S(=O)(=O)Nc1ccc(Cl)cc1F. The predicted molar refractivity (Wildman–Crippen MR) is 78.1 cm³/mol. The molecule has 0 bridgehead atoms. The van der Waals surface area contributed by atoms with Crippen LogP contribution < -0.4 is 4.72 Å². The van der Waals surface area contributed by atoms with Crippen molar-refractivity contribution in [2.45, 2.75) is 18.7 Å². The number of anilines is 1. The summed E-state index contributed by atoms with van der Waals surface area (Å²) >= 11 is 5.61. The molecule has 0 saturated heterocycles. The van der Waals surface area contributed by atoms with Gasteiger partial charge in [-0.3, -0.25) is 4.72 Å². The van der Waals surface area contributed by atoms with Gasteiger partial charge in [-0.2, -0.15) is 0 Å². The van der Waals surface area contributed by atoms with E-state index < -0.39 is 21.7 Å². The fraction of sp³-hybridized carbons (Fsp3) is 0.143. The Morgan fingerprint density at radius 1 is 1.05 bits per heavy atom. The molecule has 0 aromatic heterocycles. The monoisotopic (exact) mass is 331 g/mol. The number of benzene rings is 2. The fourth-order valence-electron chi connectivity index (χ4n) is 2.09. The van der Waals surface area contributed by atoms with Crippen LogP contribution in [-0.4, -0.2) is 8.42 Å². The van der Waals surface area contributed by atoms with Gasteiger partial charge in [0.1, 0.15) is 11.6 Å². The van der Waals surface area contributed by atoms with Gasteiger partial charge in [-0.15, -0.1) is 0 Å². The number of aryl methyl sites for hydroxylation is 2. The van der Waals surface area contributed by atoms with E-state index in [0.29, 0.717) is 0 Å². The number of nitrogens with one attached hydrogen (secondary N) is 1. The molecule has 0 aliphatic heterocycles. The normalized spacial score (nSPS) is 11.5. The maximum Gasteiger partial charge on any atom is 0.262 e. The second kappa shape index (κ2) is 5.61. The minimum absolute atomic E-state index is 0.0711. The number of rotatable bonds is 3. The summed E-state index contributed by atoms with van der Waals surface area (Å²) in [5.41, 5.74) is 0.270. The van der Waals surface area contributed by atoms with Crippen LogP contribution in [-0.2, 0) is 10.0 Å². The van der Waals surface area contributed by atoms with Crippen molar-refractivity contribution in [3.05, 3.63) is 58.1 Å². The Morgan fingerprint density at radius 2 is 1.62 bits per heavy atom. The zero-order valence-corrected chi connectivity index (χ0v) is 12.8. The quantitative estimate of drug-likeness (QED) is 0.922. The Bertz CT molecular complexity index is 784. The summed E-state index contributed by atoms with van der Waals surface area (Å²) in [4.78, 5) is -0.0711. The summed E-state index contributed by atoms with van der Waals surface area (Å²) in [6.45, 7) is 2.95. The maximum absolute atomic E-state index is 13.7. The summed E-state index contributed by atoms with van der Waals surface area (Å²) in [7, 11) is -4.03. The second-order valence-corrected chi connectivity index (χ2v) is 6.65. The highest BCUT2D eigenvalue weighted by Crippen LogP contribution is 2.26. The summed E-state index contributed by atoms with van der Waals surface area (Å²) in [6.07, 6.45) is 0. The zero-order valence-electron chi connectivity index (χ0n) is 11.2. The van der Waals surface area contributed by atoms with Gasteiger partial charge >= 0.3 is 0 Å². The van der Waals surface area contributed by atoms with Crippen molar-refractivity contribution >= 4 is 27.3 Å². The molecule has 1 N–H and O–H groups in total. The number of hydrogen-bond donors (Lipinski definition) is 1. The molecule has 112 valence electrons. The molecule has 0 aliphatic rings. The van der Waals surface area contributed by atoms with Crippen molar-refractivity contribution in [1.29, 1.82) is 0 Å². The van der Waals surface area contributed by atoms with Crippen LogP contribution in [0.3, 0.4) is 0 Å². The first-order chi connectivity index (χ1) is 9.70. The van der Waals surface area contributed by atoms with Gasteiger partial charge in [-0.05, 0) is 55.3 Å². The van der Waals surface area contributed by atoms with E-state index in [0.717, 1.165) is 18.2 Å². The molecule has 2 aromatic carbocycles. The maximum atomic E-state index is 13.7. The number of sulfonamides is 1. The summed E-state index contributed by atoms with van der Waals surface area (Å²) < 4.78 is 53.8. The highest BCUT2D eigenvalue weighted by Gasteiger charge is 2.21. The highest BCUT2D eigenvalue weighted by atomic mass is 35.5.